The maximum absolute atomic E-state index is 11.6. The van der Waals surface area contributed by atoms with Crippen molar-refractivity contribution in [2.75, 3.05) is 20.1 Å². The van der Waals surface area contributed by atoms with E-state index in [-0.39, 0.29) is 0 Å². The van der Waals surface area contributed by atoms with Gasteiger partial charge in [0.05, 0.1) is 0 Å². The molecule has 0 saturated carbocycles. The Kier molecular flexibility index (Phi) is 3.93. The zero-order chi connectivity index (χ0) is 10.7. The summed E-state index contributed by atoms with van der Waals surface area (Å²) >= 11 is 0. The highest BCUT2D eigenvalue weighted by molar-refractivity contribution is 5.78. The lowest BCUT2D eigenvalue weighted by Crippen LogP contribution is -2.34. The fraction of sp³-hybridized carbons (Fsp3) is 0.909. The van der Waals surface area contributed by atoms with E-state index in [9.17, 15) is 4.79 Å². The van der Waals surface area contributed by atoms with Crippen molar-refractivity contribution >= 4 is 5.91 Å². The molecule has 3 nitrogen and oxygen atoms in total. The van der Waals surface area contributed by atoms with Crippen molar-refractivity contribution in [2.24, 2.45) is 11.8 Å². The van der Waals surface area contributed by atoms with Crippen molar-refractivity contribution in [3.05, 3.63) is 0 Å². The van der Waals surface area contributed by atoms with Crippen LogP contribution in [0.3, 0.4) is 0 Å². The highest BCUT2D eigenvalue weighted by atomic mass is 16.2. The standard InChI is InChI=1S/C11H22N2O/c1-8(2)6-13-7-10(5-11(13)14)9(3)12-4/h8-10,12H,5-7H2,1-4H3. The van der Waals surface area contributed by atoms with Gasteiger partial charge in [0, 0.05) is 31.5 Å². The van der Waals surface area contributed by atoms with Crippen molar-refractivity contribution < 1.29 is 4.79 Å². The van der Waals surface area contributed by atoms with Crippen LogP contribution in [0.5, 0.6) is 0 Å². The maximum atomic E-state index is 11.6. The van der Waals surface area contributed by atoms with Crippen LogP contribution in [0, 0.1) is 11.8 Å². The van der Waals surface area contributed by atoms with Crippen molar-refractivity contribution in [1.29, 1.82) is 0 Å². The van der Waals surface area contributed by atoms with Crippen LogP contribution < -0.4 is 5.32 Å². The first-order chi connectivity index (χ1) is 6.54. The van der Waals surface area contributed by atoms with E-state index in [4.69, 9.17) is 0 Å². The van der Waals surface area contributed by atoms with Crippen LogP contribution in [-0.2, 0) is 4.79 Å². The summed E-state index contributed by atoms with van der Waals surface area (Å²) in [5, 5.41) is 3.22. The second-order valence-corrected chi connectivity index (χ2v) is 4.73. The fourth-order valence-corrected chi connectivity index (χ4v) is 1.99. The van der Waals surface area contributed by atoms with Gasteiger partial charge in [0.15, 0.2) is 0 Å². The molecule has 1 saturated heterocycles. The molecule has 0 bridgehead atoms. The van der Waals surface area contributed by atoms with Gasteiger partial charge in [-0.15, -0.1) is 0 Å². The normalized spacial score (nSPS) is 24.8. The number of hydrogen-bond acceptors (Lipinski definition) is 2. The lowest BCUT2D eigenvalue weighted by Gasteiger charge is -2.21. The van der Waals surface area contributed by atoms with Crippen LogP contribution in [0.1, 0.15) is 27.2 Å². The second kappa shape index (κ2) is 4.78. The molecule has 1 aliphatic heterocycles. The Balaban J connectivity index is 2.47. The van der Waals surface area contributed by atoms with Gasteiger partial charge in [0.1, 0.15) is 0 Å². The Hall–Kier alpha value is -0.570. The average Bonchev–Trinajstić information content (AvgIpc) is 2.46. The van der Waals surface area contributed by atoms with Crippen molar-refractivity contribution in [3.63, 3.8) is 0 Å². The number of carbonyl (C=O) groups is 1. The predicted molar refractivity (Wildman–Crippen MR) is 58.0 cm³/mol. The molecule has 1 rings (SSSR count). The molecule has 0 spiro atoms. The number of hydrogen-bond donors (Lipinski definition) is 1. The Morgan fingerprint density at radius 1 is 1.50 bits per heavy atom. The van der Waals surface area contributed by atoms with E-state index in [0.717, 1.165) is 13.1 Å². The highest BCUT2D eigenvalue weighted by Crippen LogP contribution is 2.21. The lowest BCUT2D eigenvalue weighted by atomic mass is 10.0. The van der Waals surface area contributed by atoms with Gasteiger partial charge in [-0.1, -0.05) is 13.8 Å². The van der Waals surface area contributed by atoms with Crippen LogP contribution in [0.4, 0.5) is 0 Å². The Bertz CT molecular complexity index is 203. The smallest absolute Gasteiger partial charge is 0.222 e. The summed E-state index contributed by atoms with van der Waals surface area (Å²) in [6.45, 7) is 8.30. The molecule has 82 valence electrons. The molecule has 14 heavy (non-hydrogen) atoms. The van der Waals surface area contributed by atoms with E-state index in [1.54, 1.807) is 0 Å². The summed E-state index contributed by atoms with van der Waals surface area (Å²) in [5.41, 5.74) is 0. The van der Waals surface area contributed by atoms with E-state index in [1.165, 1.54) is 0 Å². The van der Waals surface area contributed by atoms with E-state index >= 15 is 0 Å². The number of carbonyl (C=O) groups excluding carboxylic acids is 1. The van der Waals surface area contributed by atoms with Gasteiger partial charge in [0.2, 0.25) is 5.91 Å². The van der Waals surface area contributed by atoms with Crippen molar-refractivity contribution in [1.82, 2.24) is 10.2 Å². The quantitative estimate of drug-likeness (QED) is 0.733. The monoisotopic (exact) mass is 198 g/mol. The molecular formula is C11H22N2O. The third kappa shape index (κ3) is 2.71. The third-order valence-corrected chi connectivity index (χ3v) is 2.99. The van der Waals surface area contributed by atoms with Crippen LogP contribution in [-0.4, -0.2) is 37.0 Å². The SMILES string of the molecule is CNC(C)C1CC(=O)N(CC(C)C)C1. The molecule has 0 aromatic heterocycles. The number of likely N-dealkylation sites (tertiary alicyclic amines) is 1. The number of nitrogens with one attached hydrogen (secondary N) is 1. The van der Waals surface area contributed by atoms with Gasteiger partial charge in [-0.25, -0.2) is 0 Å². The van der Waals surface area contributed by atoms with E-state index in [0.29, 0.717) is 30.2 Å². The predicted octanol–water partition coefficient (Wildman–Crippen LogP) is 1.10. The molecule has 1 fully saturated rings. The van der Waals surface area contributed by atoms with Gasteiger partial charge in [0.25, 0.3) is 0 Å². The molecule has 1 N–H and O–H groups in total. The fourth-order valence-electron chi connectivity index (χ4n) is 1.99. The molecule has 2 atom stereocenters. The zero-order valence-electron chi connectivity index (χ0n) is 9.71. The molecule has 1 amide bonds. The minimum atomic E-state index is 0.325. The molecule has 0 aromatic carbocycles. The highest BCUT2D eigenvalue weighted by Gasteiger charge is 2.32. The van der Waals surface area contributed by atoms with Crippen LogP contribution in [0.25, 0.3) is 0 Å². The minimum Gasteiger partial charge on any atom is -0.342 e. The van der Waals surface area contributed by atoms with Crippen molar-refractivity contribution in [2.45, 2.75) is 33.2 Å². The maximum Gasteiger partial charge on any atom is 0.222 e. The Morgan fingerprint density at radius 3 is 2.64 bits per heavy atom. The van der Waals surface area contributed by atoms with Gasteiger partial charge in [-0.05, 0) is 19.9 Å². The lowest BCUT2D eigenvalue weighted by molar-refractivity contribution is -0.128. The molecular weight excluding hydrogens is 176 g/mol. The Morgan fingerprint density at radius 2 is 2.14 bits per heavy atom. The first-order valence-corrected chi connectivity index (χ1v) is 5.49. The molecule has 0 aromatic rings. The summed E-state index contributed by atoms with van der Waals surface area (Å²) in [5.74, 6) is 1.39. The minimum absolute atomic E-state index is 0.325. The summed E-state index contributed by atoms with van der Waals surface area (Å²) in [6.07, 6.45) is 0.717. The first kappa shape index (κ1) is 11.5. The van der Waals surface area contributed by atoms with Crippen LogP contribution in [0.2, 0.25) is 0 Å². The summed E-state index contributed by atoms with van der Waals surface area (Å²) in [6, 6.07) is 0.441. The number of amides is 1. The molecule has 3 heteroatoms. The van der Waals surface area contributed by atoms with Gasteiger partial charge in [-0.2, -0.15) is 0 Å². The number of rotatable bonds is 4. The largest absolute Gasteiger partial charge is 0.342 e. The number of nitrogens with zero attached hydrogens (tertiary/aromatic N) is 1. The van der Waals surface area contributed by atoms with Gasteiger partial charge < -0.3 is 10.2 Å². The molecule has 1 aliphatic rings. The van der Waals surface area contributed by atoms with Crippen LogP contribution >= 0.6 is 0 Å². The van der Waals surface area contributed by atoms with Gasteiger partial charge in [-0.3, -0.25) is 4.79 Å². The van der Waals surface area contributed by atoms with E-state index < -0.39 is 0 Å². The average molecular weight is 198 g/mol. The Labute approximate surface area is 86.9 Å². The zero-order valence-corrected chi connectivity index (χ0v) is 9.71. The summed E-state index contributed by atoms with van der Waals surface area (Å²) < 4.78 is 0. The van der Waals surface area contributed by atoms with E-state index in [2.05, 4.69) is 26.1 Å². The van der Waals surface area contributed by atoms with Crippen molar-refractivity contribution in [3.8, 4) is 0 Å². The van der Waals surface area contributed by atoms with Gasteiger partial charge >= 0.3 is 0 Å². The molecule has 0 radical (unpaired) electrons. The summed E-state index contributed by atoms with van der Waals surface area (Å²) in [4.78, 5) is 13.6. The molecule has 1 heterocycles. The topological polar surface area (TPSA) is 32.3 Å². The molecule has 0 aliphatic carbocycles. The first-order valence-electron chi connectivity index (χ1n) is 5.49. The summed E-state index contributed by atoms with van der Waals surface area (Å²) in [7, 11) is 1.96. The van der Waals surface area contributed by atoms with Crippen LogP contribution in [0.15, 0.2) is 0 Å². The van der Waals surface area contributed by atoms with E-state index in [1.807, 2.05) is 11.9 Å². The molecule has 2 unspecified atom stereocenters. The second-order valence-electron chi connectivity index (χ2n) is 4.73. The third-order valence-electron chi connectivity index (χ3n) is 2.99.